The summed E-state index contributed by atoms with van der Waals surface area (Å²) in [7, 11) is 0. The quantitative estimate of drug-likeness (QED) is 0.823. The molecule has 0 amide bonds. The van der Waals surface area contributed by atoms with Gasteiger partial charge >= 0.3 is 6.36 Å². The third kappa shape index (κ3) is 2.89. The Balaban J connectivity index is 1.94. The van der Waals surface area contributed by atoms with E-state index in [2.05, 4.69) is 9.72 Å². The van der Waals surface area contributed by atoms with E-state index in [1.807, 2.05) is 5.38 Å². The Hall–Kier alpha value is -1.56. The fraction of sp³-hybridized carbons (Fsp3) is 0.308. The Labute approximate surface area is 111 Å². The average molecular weight is 285 g/mol. The highest BCUT2D eigenvalue weighted by atomic mass is 32.1. The number of aromatic nitrogens is 1. The standard InChI is InChI=1S/C13H10F3NOS/c14-13(15,16)18-11-4-2-1-3-9(11)12-17-10(7-19-12)8-5-6-8/h1-4,7-8H,5-6H2. The number of halogens is 3. The highest BCUT2D eigenvalue weighted by Crippen LogP contribution is 2.43. The van der Waals surface area contributed by atoms with Gasteiger partial charge in [0.25, 0.3) is 0 Å². The monoisotopic (exact) mass is 285 g/mol. The molecule has 1 aromatic carbocycles. The van der Waals surface area contributed by atoms with Gasteiger partial charge in [0.15, 0.2) is 0 Å². The van der Waals surface area contributed by atoms with E-state index < -0.39 is 6.36 Å². The number of thiazole rings is 1. The van der Waals surface area contributed by atoms with Gasteiger partial charge < -0.3 is 4.74 Å². The minimum absolute atomic E-state index is 0.202. The second kappa shape index (κ2) is 4.52. The molecular formula is C13H10F3NOS. The van der Waals surface area contributed by atoms with Crippen molar-refractivity contribution in [3.05, 3.63) is 35.3 Å². The zero-order chi connectivity index (χ0) is 13.5. The Morgan fingerprint density at radius 1 is 1.21 bits per heavy atom. The van der Waals surface area contributed by atoms with Gasteiger partial charge in [-0.2, -0.15) is 0 Å². The summed E-state index contributed by atoms with van der Waals surface area (Å²) in [6.07, 6.45) is -2.46. The van der Waals surface area contributed by atoms with Crippen molar-refractivity contribution < 1.29 is 17.9 Å². The van der Waals surface area contributed by atoms with Gasteiger partial charge in [0, 0.05) is 11.3 Å². The molecule has 0 saturated heterocycles. The van der Waals surface area contributed by atoms with Crippen LogP contribution < -0.4 is 4.74 Å². The van der Waals surface area contributed by atoms with Gasteiger partial charge in [0.05, 0.1) is 11.3 Å². The van der Waals surface area contributed by atoms with E-state index in [-0.39, 0.29) is 5.75 Å². The minimum Gasteiger partial charge on any atom is -0.405 e. The molecule has 0 radical (unpaired) electrons. The normalized spacial score (nSPS) is 15.5. The molecule has 0 atom stereocenters. The van der Waals surface area contributed by atoms with Crippen molar-refractivity contribution in [1.82, 2.24) is 4.98 Å². The van der Waals surface area contributed by atoms with E-state index in [1.54, 1.807) is 12.1 Å². The van der Waals surface area contributed by atoms with E-state index in [9.17, 15) is 13.2 Å². The van der Waals surface area contributed by atoms with E-state index >= 15 is 0 Å². The van der Waals surface area contributed by atoms with Crippen LogP contribution in [-0.4, -0.2) is 11.3 Å². The molecule has 1 saturated carbocycles. The first-order valence-electron chi connectivity index (χ1n) is 5.83. The summed E-state index contributed by atoms with van der Waals surface area (Å²) in [6, 6.07) is 6.09. The fourth-order valence-corrected chi connectivity index (χ4v) is 2.76. The first kappa shape index (κ1) is 12.5. The third-order valence-electron chi connectivity index (χ3n) is 2.86. The van der Waals surface area contributed by atoms with Crippen molar-refractivity contribution in [1.29, 1.82) is 0 Å². The van der Waals surface area contributed by atoms with Crippen LogP contribution in [0.15, 0.2) is 29.6 Å². The zero-order valence-electron chi connectivity index (χ0n) is 9.78. The predicted molar refractivity (Wildman–Crippen MR) is 66.2 cm³/mol. The fourth-order valence-electron chi connectivity index (χ4n) is 1.83. The first-order chi connectivity index (χ1) is 9.03. The number of rotatable bonds is 3. The molecule has 1 aliphatic carbocycles. The number of hydrogen-bond acceptors (Lipinski definition) is 3. The second-order valence-electron chi connectivity index (χ2n) is 4.40. The third-order valence-corrected chi connectivity index (χ3v) is 3.75. The van der Waals surface area contributed by atoms with Crippen LogP contribution in [-0.2, 0) is 0 Å². The summed E-state index contributed by atoms with van der Waals surface area (Å²) in [4.78, 5) is 4.40. The van der Waals surface area contributed by atoms with Gasteiger partial charge in [-0.05, 0) is 25.0 Å². The molecule has 2 aromatic rings. The summed E-state index contributed by atoms with van der Waals surface area (Å²) < 4.78 is 41.1. The molecule has 0 N–H and O–H groups in total. The molecule has 6 heteroatoms. The number of alkyl halides is 3. The van der Waals surface area contributed by atoms with Crippen LogP contribution in [0.3, 0.4) is 0 Å². The Morgan fingerprint density at radius 2 is 1.95 bits per heavy atom. The molecular weight excluding hydrogens is 275 g/mol. The number of benzene rings is 1. The Morgan fingerprint density at radius 3 is 2.63 bits per heavy atom. The Bertz CT molecular complexity index is 590. The Kier molecular flexibility index (Phi) is 2.97. The summed E-state index contributed by atoms with van der Waals surface area (Å²) in [5, 5.41) is 2.49. The molecule has 0 bridgehead atoms. The summed E-state index contributed by atoms with van der Waals surface area (Å²) in [5.41, 5.74) is 1.36. The van der Waals surface area contributed by atoms with Crippen molar-refractivity contribution >= 4 is 11.3 Å². The van der Waals surface area contributed by atoms with Gasteiger partial charge in [-0.3, -0.25) is 0 Å². The van der Waals surface area contributed by atoms with Gasteiger partial charge in [0.1, 0.15) is 10.8 Å². The molecule has 1 aromatic heterocycles. The van der Waals surface area contributed by atoms with E-state index in [4.69, 9.17) is 0 Å². The van der Waals surface area contributed by atoms with Gasteiger partial charge in [-0.15, -0.1) is 24.5 Å². The number of hydrogen-bond donors (Lipinski definition) is 0. The van der Waals surface area contributed by atoms with Crippen molar-refractivity contribution in [3.63, 3.8) is 0 Å². The first-order valence-corrected chi connectivity index (χ1v) is 6.71. The van der Waals surface area contributed by atoms with Crippen LogP contribution in [0.5, 0.6) is 5.75 Å². The lowest BCUT2D eigenvalue weighted by Crippen LogP contribution is -2.17. The number of nitrogens with zero attached hydrogens (tertiary/aromatic N) is 1. The largest absolute Gasteiger partial charge is 0.573 e. The smallest absolute Gasteiger partial charge is 0.405 e. The molecule has 1 fully saturated rings. The maximum atomic E-state index is 12.3. The van der Waals surface area contributed by atoms with E-state index in [0.717, 1.165) is 18.5 Å². The maximum absolute atomic E-state index is 12.3. The molecule has 3 rings (SSSR count). The molecule has 1 aliphatic rings. The molecule has 0 unspecified atom stereocenters. The van der Waals surface area contributed by atoms with Crippen LogP contribution in [0.2, 0.25) is 0 Å². The van der Waals surface area contributed by atoms with Crippen LogP contribution in [0.4, 0.5) is 13.2 Å². The van der Waals surface area contributed by atoms with Crippen molar-refractivity contribution in [3.8, 4) is 16.3 Å². The maximum Gasteiger partial charge on any atom is 0.573 e. The van der Waals surface area contributed by atoms with Crippen LogP contribution in [0.1, 0.15) is 24.5 Å². The topological polar surface area (TPSA) is 22.1 Å². The molecule has 100 valence electrons. The summed E-state index contributed by atoms with van der Waals surface area (Å²) in [5.74, 6) is 0.285. The minimum atomic E-state index is -4.69. The lowest BCUT2D eigenvalue weighted by Gasteiger charge is -2.11. The van der Waals surface area contributed by atoms with Crippen molar-refractivity contribution in [2.75, 3.05) is 0 Å². The molecule has 0 spiro atoms. The molecule has 19 heavy (non-hydrogen) atoms. The van der Waals surface area contributed by atoms with Crippen LogP contribution >= 0.6 is 11.3 Å². The SMILES string of the molecule is FC(F)(F)Oc1ccccc1-c1nc(C2CC2)cs1. The van der Waals surface area contributed by atoms with Crippen LogP contribution in [0, 0.1) is 0 Å². The summed E-state index contributed by atoms with van der Waals surface area (Å²) in [6.45, 7) is 0. The molecule has 0 aliphatic heterocycles. The predicted octanol–water partition coefficient (Wildman–Crippen LogP) is 4.59. The highest BCUT2D eigenvalue weighted by Gasteiger charge is 2.33. The van der Waals surface area contributed by atoms with Gasteiger partial charge in [-0.25, -0.2) is 4.98 Å². The lowest BCUT2D eigenvalue weighted by atomic mass is 10.2. The number of ether oxygens (including phenoxy) is 1. The summed E-state index contributed by atoms with van der Waals surface area (Å²) >= 11 is 1.35. The van der Waals surface area contributed by atoms with Crippen LogP contribution in [0.25, 0.3) is 10.6 Å². The van der Waals surface area contributed by atoms with E-state index in [1.165, 1.54) is 23.5 Å². The second-order valence-corrected chi connectivity index (χ2v) is 5.25. The lowest BCUT2D eigenvalue weighted by molar-refractivity contribution is -0.274. The number of para-hydroxylation sites is 1. The van der Waals surface area contributed by atoms with Crippen molar-refractivity contribution in [2.45, 2.75) is 25.1 Å². The molecule has 2 nitrogen and oxygen atoms in total. The van der Waals surface area contributed by atoms with Crippen molar-refractivity contribution in [2.24, 2.45) is 0 Å². The highest BCUT2D eigenvalue weighted by molar-refractivity contribution is 7.13. The van der Waals surface area contributed by atoms with Gasteiger partial charge in [-0.1, -0.05) is 12.1 Å². The van der Waals surface area contributed by atoms with E-state index in [0.29, 0.717) is 16.5 Å². The van der Waals surface area contributed by atoms with Gasteiger partial charge in [0.2, 0.25) is 0 Å². The molecule has 1 heterocycles. The average Bonchev–Trinajstić information content (AvgIpc) is 3.07. The zero-order valence-corrected chi connectivity index (χ0v) is 10.6.